The number of carbonyl (C=O) groups excluding carboxylic acids is 2. The summed E-state index contributed by atoms with van der Waals surface area (Å²) in [6.45, 7) is 5.76. The van der Waals surface area contributed by atoms with Crippen molar-refractivity contribution in [2.24, 2.45) is 5.73 Å². The molecule has 0 aliphatic rings. The van der Waals surface area contributed by atoms with Crippen molar-refractivity contribution in [3.63, 3.8) is 0 Å². The van der Waals surface area contributed by atoms with Crippen molar-refractivity contribution in [2.75, 3.05) is 10.6 Å². The Morgan fingerprint density at radius 1 is 1.24 bits per heavy atom. The Kier molecular flexibility index (Phi) is 6.88. The van der Waals surface area contributed by atoms with Gasteiger partial charge in [-0.25, -0.2) is 0 Å². The van der Waals surface area contributed by atoms with Crippen molar-refractivity contribution in [2.45, 2.75) is 52.5 Å². The number of nitrogens with one attached hydrogen (secondary N) is 2. The maximum Gasteiger partial charge on any atom is 0.241 e. The molecule has 21 heavy (non-hydrogen) atoms. The Morgan fingerprint density at radius 2 is 1.95 bits per heavy atom. The highest BCUT2D eigenvalue weighted by molar-refractivity contribution is 5.97. The van der Waals surface area contributed by atoms with Gasteiger partial charge in [-0.15, -0.1) is 0 Å². The number of anilines is 2. The van der Waals surface area contributed by atoms with E-state index in [1.807, 2.05) is 19.1 Å². The molecule has 5 heteroatoms. The van der Waals surface area contributed by atoms with Gasteiger partial charge in [-0.1, -0.05) is 32.8 Å². The quantitative estimate of drug-likeness (QED) is 0.722. The molecule has 0 bridgehead atoms. The van der Waals surface area contributed by atoms with Gasteiger partial charge in [-0.3, -0.25) is 9.59 Å². The zero-order valence-electron chi connectivity index (χ0n) is 13.0. The van der Waals surface area contributed by atoms with Crippen molar-refractivity contribution < 1.29 is 9.59 Å². The lowest BCUT2D eigenvalue weighted by molar-refractivity contribution is -0.117. The van der Waals surface area contributed by atoms with E-state index in [4.69, 9.17) is 5.73 Å². The molecule has 0 heterocycles. The highest BCUT2D eigenvalue weighted by atomic mass is 16.2. The summed E-state index contributed by atoms with van der Waals surface area (Å²) < 4.78 is 0. The fraction of sp³-hybridized carbons (Fsp3) is 0.500. The molecule has 0 aromatic heterocycles. The van der Waals surface area contributed by atoms with Crippen LogP contribution >= 0.6 is 0 Å². The number of carbonyl (C=O) groups is 2. The Balaban J connectivity index is 2.75. The largest absolute Gasteiger partial charge is 0.326 e. The van der Waals surface area contributed by atoms with Gasteiger partial charge in [-0.05, 0) is 31.0 Å². The molecule has 2 amide bonds. The minimum absolute atomic E-state index is 0.0595. The lowest BCUT2D eigenvalue weighted by Gasteiger charge is -2.14. The first-order chi connectivity index (χ1) is 9.97. The smallest absolute Gasteiger partial charge is 0.241 e. The Labute approximate surface area is 126 Å². The number of benzene rings is 1. The summed E-state index contributed by atoms with van der Waals surface area (Å²) in [6.07, 6.45) is 3.03. The molecular weight excluding hydrogens is 266 g/mol. The van der Waals surface area contributed by atoms with Crippen LogP contribution in [0.2, 0.25) is 0 Å². The fourth-order valence-electron chi connectivity index (χ4n) is 1.86. The lowest BCUT2D eigenvalue weighted by Crippen LogP contribution is -2.35. The molecule has 1 aromatic carbocycles. The highest BCUT2D eigenvalue weighted by Crippen LogP contribution is 2.21. The Morgan fingerprint density at radius 3 is 2.57 bits per heavy atom. The molecule has 0 aliphatic carbocycles. The van der Waals surface area contributed by atoms with E-state index in [1.165, 1.54) is 0 Å². The minimum atomic E-state index is -0.502. The second-order valence-electron chi connectivity index (χ2n) is 5.17. The van der Waals surface area contributed by atoms with Crippen LogP contribution in [-0.4, -0.2) is 17.9 Å². The topological polar surface area (TPSA) is 84.2 Å². The molecule has 0 radical (unpaired) electrons. The first-order valence-electron chi connectivity index (χ1n) is 7.44. The molecule has 5 nitrogen and oxygen atoms in total. The molecule has 116 valence electrons. The van der Waals surface area contributed by atoms with Crippen LogP contribution in [0.3, 0.4) is 0 Å². The standard InChI is InChI=1S/C16H25N3O2/c1-4-6-7-13(17)16(21)19-14-10-12(9-8-11(14)3)18-15(20)5-2/h8-10,13H,4-7,17H2,1-3H3,(H,18,20)(H,19,21)/t13-/m0/s1. The molecular formula is C16H25N3O2. The predicted octanol–water partition coefficient (Wildman–Crippen LogP) is 2.80. The molecule has 0 unspecified atom stereocenters. The monoisotopic (exact) mass is 291 g/mol. The minimum Gasteiger partial charge on any atom is -0.326 e. The molecule has 0 spiro atoms. The molecule has 1 aromatic rings. The second-order valence-corrected chi connectivity index (χ2v) is 5.17. The van der Waals surface area contributed by atoms with E-state index < -0.39 is 6.04 Å². The van der Waals surface area contributed by atoms with Crippen LogP contribution in [-0.2, 0) is 9.59 Å². The average molecular weight is 291 g/mol. The van der Waals surface area contributed by atoms with Crippen molar-refractivity contribution in [1.29, 1.82) is 0 Å². The van der Waals surface area contributed by atoms with Crippen molar-refractivity contribution in [3.8, 4) is 0 Å². The molecule has 0 saturated carbocycles. The third-order valence-corrected chi connectivity index (χ3v) is 3.31. The van der Waals surface area contributed by atoms with Gasteiger partial charge in [0.1, 0.15) is 0 Å². The lowest BCUT2D eigenvalue weighted by atomic mass is 10.1. The van der Waals surface area contributed by atoms with Gasteiger partial charge in [0.2, 0.25) is 11.8 Å². The molecule has 0 aliphatic heterocycles. The normalized spacial score (nSPS) is 11.8. The van der Waals surface area contributed by atoms with Crippen LogP contribution in [0.4, 0.5) is 11.4 Å². The van der Waals surface area contributed by atoms with E-state index in [0.717, 1.165) is 18.4 Å². The second kappa shape index (κ2) is 8.42. The third-order valence-electron chi connectivity index (χ3n) is 3.31. The number of hydrogen-bond acceptors (Lipinski definition) is 3. The van der Waals surface area contributed by atoms with Gasteiger partial charge in [0, 0.05) is 17.8 Å². The van der Waals surface area contributed by atoms with E-state index in [-0.39, 0.29) is 11.8 Å². The van der Waals surface area contributed by atoms with Gasteiger partial charge < -0.3 is 16.4 Å². The Bertz CT molecular complexity index is 500. The highest BCUT2D eigenvalue weighted by Gasteiger charge is 2.14. The van der Waals surface area contributed by atoms with Crippen LogP contribution < -0.4 is 16.4 Å². The third kappa shape index (κ3) is 5.55. The maximum atomic E-state index is 12.0. The van der Waals surface area contributed by atoms with Crippen LogP contribution in [0.1, 0.15) is 45.1 Å². The Hall–Kier alpha value is -1.88. The summed E-state index contributed by atoms with van der Waals surface area (Å²) in [5, 5.41) is 5.61. The molecule has 0 fully saturated rings. The van der Waals surface area contributed by atoms with E-state index >= 15 is 0 Å². The van der Waals surface area contributed by atoms with Gasteiger partial charge >= 0.3 is 0 Å². The van der Waals surface area contributed by atoms with Crippen LogP contribution in [0.5, 0.6) is 0 Å². The van der Waals surface area contributed by atoms with Crippen molar-refractivity contribution in [1.82, 2.24) is 0 Å². The molecule has 1 rings (SSSR count). The van der Waals surface area contributed by atoms with Gasteiger partial charge in [0.25, 0.3) is 0 Å². The van der Waals surface area contributed by atoms with Crippen molar-refractivity contribution in [3.05, 3.63) is 23.8 Å². The van der Waals surface area contributed by atoms with Gasteiger partial charge in [0.05, 0.1) is 6.04 Å². The summed E-state index contributed by atoms with van der Waals surface area (Å²) in [5.74, 6) is -0.249. The predicted molar refractivity (Wildman–Crippen MR) is 86.2 cm³/mol. The zero-order valence-corrected chi connectivity index (χ0v) is 13.0. The van der Waals surface area contributed by atoms with E-state index in [0.29, 0.717) is 24.2 Å². The fourth-order valence-corrected chi connectivity index (χ4v) is 1.86. The van der Waals surface area contributed by atoms with Crippen LogP contribution in [0.25, 0.3) is 0 Å². The summed E-state index contributed by atoms with van der Waals surface area (Å²) in [4.78, 5) is 23.4. The van der Waals surface area contributed by atoms with E-state index in [9.17, 15) is 9.59 Å². The molecule has 1 atom stereocenters. The molecule has 4 N–H and O–H groups in total. The van der Waals surface area contributed by atoms with Crippen LogP contribution in [0, 0.1) is 6.92 Å². The number of hydrogen-bond donors (Lipinski definition) is 3. The maximum absolute atomic E-state index is 12.0. The van der Waals surface area contributed by atoms with Gasteiger partial charge in [-0.2, -0.15) is 0 Å². The average Bonchev–Trinajstić information content (AvgIpc) is 2.47. The van der Waals surface area contributed by atoms with Crippen molar-refractivity contribution >= 4 is 23.2 Å². The van der Waals surface area contributed by atoms with Gasteiger partial charge in [0.15, 0.2) is 0 Å². The number of rotatable bonds is 7. The first kappa shape index (κ1) is 17.2. The van der Waals surface area contributed by atoms with E-state index in [2.05, 4.69) is 17.6 Å². The zero-order chi connectivity index (χ0) is 15.8. The summed E-state index contributed by atoms with van der Waals surface area (Å²) in [6, 6.07) is 4.93. The number of unbranched alkanes of at least 4 members (excludes halogenated alkanes) is 1. The first-order valence-corrected chi connectivity index (χ1v) is 7.44. The van der Waals surface area contributed by atoms with Crippen LogP contribution in [0.15, 0.2) is 18.2 Å². The number of nitrogens with two attached hydrogens (primary N) is 1. The SMILES string of the molecule is CCCC[C@H](N)C(=O)Nc1cc(NC(=O)CC)ccc1C. The summed E-state index contributed by atoms with van der Waals surface area (Å²) in [7, 11) is 0. The van der Waals surface area contributed by atoms with E-state index in [1.54, 1.807) is 13.0 Å². The number of amides is 2. The summed E-state index contributed by atoms with van der Waals surface area (Å²) >= 11 is 0. The molecule has 0 saturated heterocycles. The summed E-state index contributed by atoms with van der Waals surface area (Å²) in [5.41, 5.74) is 8.14. The number of aryl methyl sites for hydroxylation is 1.